The molecule has 5 nitrogen and oxygen atoms in total. The smallest absolute Gasteiger partial charge is 0.251 e. The first-order chi connectivity index (χ1) is 8.56. The zero-order valence-electron chi connectivity index (χ0n) is 10.8. The summed E-state index contributed by atoms with van der Waals surface area (Å²) in [6.45, 7) is 6.25. The lowest BCUT2D eigenvalue weighted by atomic mass is 10.2. The molecular formula is C13H19N3O2. The molecule has 1 atom stereocenters. The molecule has 0 aromatic carbocycles. The SMILES string of the molecule is CC(C)N1CCC(NC(=O)c2cc[n+]([O-])cc2)C1. The lowest BCUT2D eigenvalue weighted by Gasteiger charge is -2.20. The maximum atomic E-state index is 11.9. The molecule has 18 heavy (non-hydrogen) atoms. The average molecular weight is 249 g/mol. The molecule has 0 bridgehead atoms. The first-order valence-electron chi connectivity index (χ1n) is 6.30. The molecule has 1 aromatic rings. The Balaban J connectivity index is 1.91. The van der Waals surface area contributed by atoms with E-state index in [1.807, 2.05) is 0 Å². The summed E-state index contributed by atoms with van der Waals surface area (Å²) in [6, 6.07) is 3.80. The van der Waals surface area contributed by atoms with Gasteiger partial charge in [-0.3, -0.25) is 9.69 Å². The predicted molar refractivity (Wildman–Crippen MR) is 68.0 cm³/mol. The molecule has 5 heteroatoms. The summed E-state index contributed by atoms with van der Waals surface area (Å²) in [5.74, 6) is -0.105. The number of nitrogens with one attached hydrogen (secondary N) is 1. The van der Waals surface area contributed by atoms with Crippen LogP contribution in [0.2, 0.25) is 0 Å². The number of rotatable bonds is 3. The Morgan fingerprint density at radius 2 is 2.17 bits per heavy atom. The van der Waals surface area contributed by atoms with E-state index >= 15 is 0 Å². The fourth-order valence-corrected chi connectivity index (χ4v) is 2.21. The van der Waals surface area contributed by atoms with Crippen molar-refractivity contribution in [2.24, 2.45) is 0 Å². The van der Waals surface area contributed by atoms with Crippen LogP contribution in [0.1, 0.15) is 30.6 Å². The van der Waals surface area contributed by atoms with Crippen LogP contribution in [-0.4, -0.2) is 36.0 Å². The number of hydrogen-bond acceptors (Lipinski definition) is 3. The van der Waals surface area contributed by atoms with Gasteiger partial charge in [0, 0.05) is 37.3 Å². The maximum Gasteiger partial charge on any atom is 0.251 e. The molecule has 98 valence electrons. The largest absolute Gasteiger partial charge is 0.619 e. The Labute approximate surface area is 107 Å². The fraction of sp³-hybridized carbons (Fsp3) is 0.538. The van der Waals surface area contributed by atoms with E-state index in [-0.39, 0.29) is 11.9 Å². The van der Waals surface area contributed by atoms with Gasteiger partial charge < -0.3 is 10.5 Å². The summed E-state index contributed by atoms with van der Waals surface area (Å²) < 4.78 is 0.673. The molecule has 2 heterocycles. The van der Waals surface area contributed by atoms with Crippen LogP contribution >= 0.6 is 0 Å². The molecule has 0 radical (unpaired) electrons. The molecule has 1 amide bonds. The molecule has 1 aliphatic heterocycles. The van der Waals surface area contributed by atoms with Crippen LogP contribution in [0.3, 0.4) is 0 Å². The van der Waals surface area contributed by atoms with Gasteiger partial charge in [0.05, 0.1) is 5.56 Å². The number of carbonyl (C=O) groups excluding carboxylic acids is 1. The number of amides is 1. The highest BCUT2D eigenvalue weighted by Gasteiger charge is 2.25. The fourth-order valence-electron chi connectivity index (χ4n) is 2.21. The summed E-state index contributed by atoms with van der Waals surface area (Å²) in [4.78, 5) is 14.3. The molecule has 1 fully saturated rings. The third-order valence-electron chi connectivity index (χ3n) is 3.35. The summed E-state index contributed by atoms with van der Waals surface area (Å²) >= 11 is 0. The van der Waals surface area contributed by atoms with Crippen molar-refractivity contribution in [3.05, 3.63) is 35.3 Å². The zero-order valence-corrected chi connectivity index (χ0v) is 10.8. The van der Waals surface area contributed by atoms with Crippen molar-refractivity contribution in [2.75, 3.05) is 13.1 Å². The minimum Gasteiger partial charge on any atom is -0.619 e. The zero-order chi connectivity index (χ0) is 13.1. The molecule has 1 aliphatic rings. The van der Waals surface area contributed by atoms with Crippen LogP contribution in [0.4, 0.5) is 0 Å². The van der Waals surface area contributed by atoms with Crippen molar-refractivity contribution in [3.8, 4) is 0 Å². The summed E-state index contributed by atoms with van der Waals surface area (Å²) in [6.07, 6.45) is 3.66. The van der Waals surface area contributed by atoms with Gasteiger partial charge in [-0.2, -0.15) is 4.73 Å². The second-order valence-corrected chi connectivity index (χ2v) is 4.99. The molecule has 1 aromatic heterocycles. The van der Waals surface area contributed by atoms with Crippen molar-refractivity contribution >= 4 is 5.91 Å². The van der Waals surface area contributed by atoms with Gasteiger partial charge in [-0.1, -0.05) is 0 Å². The molecule has 1 saturated heterocycles. The molecule has 2 rings (SSSR count). The highest BCUT2D eigenvalue weighted by atomic mass is 16.5. The Hall–Kier alpha value is -1.62. The standard InChI is InChI=1S/C13H19N3O2/c1-10(2)15-6-5-12(9-15)14-13(17)11-3-7-16(18)8-4-11/h3-4,7-8,10,12H,5-6,9H2,1-2H3,(H,14,17). The van der Waals surface area contributed by atoms with Gasteiger partial charge in [0.2, 0.25) is 0 Å². The van der Waals surface area contributed by atoms with Gasteiger partial charge >= 0.3 is 0 Å². The van der Waals surface area contributed by atoms with E-state index in [0.29, 0.717) is 16.3 Å². The highest BCUT2D eigenvalue weighted by Crippen LogP contribution is 2.12. The van der Waals surface area contributed by atoms with Crippen molar-refractivity contribution in [3.63, 3.8) is 0 Å². The Bertz CT molecular complexity index is 417. The third kappa shape index (κ3) is 2.98. The Morgan fingerprint density at radius 3 is 2.72 bits per heavy atom. The van der Waals surface area contributed by atoms with E-state index in [2.05, 4.69) is 24.1 Å². The van der Waals surface area contributed by atoms with E-state index in [0.717, 1.165) is 19.5 Å². The van der Waals surface area contributed by atoms with Crippen LogP contribution in [0.15, 0.2) is 24.5 Å². The number of likely N-dealkylation sites (tertiary alicyclic amines) is 1. The van der Waals surface area contributed by atoms with Crippen LogP contribution in [-0.2, 0) is 0 Å². The Morgan fingerprint density at radius 1 is 1.50 bits per heavy atom. The molecule has 1 N–H and O–H groups in total. The van der Waals surface area contributed by atoms with Crippen LogP contribution < -0.4 is 10.0 Å². The molecular weight excluding hydrogens is 230 g/mol. The summed E-state index contributed by atoms with van der Waals surface area (Å²) in [7, 11) is 0. The van der Waals surface area contributed by atoms with Gasteiger partial charge in [0.1, 0.15) is 0 Å². The minimum atomic E-state index is -0.105. The Kier molecular flexibility index (Phi) is 3.81. The molecule has 0 spiro atoms. The normalized spacial score (nSPS) is 20.3. The lowest BCUT2D eigenvalue weighted by molar-refractivity contribution is -0.605. The van der Waals surface area contributed by atoms with E-state index < -0.39 is 0 Å². The predicted octanol–water partition coefficient (Wildman–Crippen LogP) is 0.532. The van der Waals surface area contributed by atoms with Gasteiger partial charge in [-0.05, 0) is 20.3 Å². The average Bonchev–Trinajstić information content (AvgIpc) is 2.78. The molecule has 0 aliphatic carbocycles. The number of hydrogen-bond donors (Lipinski definition) is 1. The van der Waals surface area contributed by atoms with Crippen LogP contribution in [0.5, 0.6) is 0 Å². The van der Waals surface area contributed by atoms with Crippen molar-refractivity contribution in [1.82, 2.24) is 10.2 Å². The van der Waals surface area contributed by atoms with E-state index in [9.17, 15) is 10.0 Å². The maximum absolute atomic E-state index is 11.9. The highest BCUT2D eigenvalue weighted by molar-refractivity contribution is 5.94. The quantitative estimate of drug-likeness (QED) is 0.628. The van der Waals surface area contributed by atoms with Crippen LogP contribution in [0, 0.1) is 5.21 Å². The van der Waals surface area contributed by atoms with Gasteiger partial charge in [-0.25, -0.2) is 0 Å². The van der Waals surface area contributed by atoms with Crippen molar-refractivity contribution in [1.29, 1.82) is 0 Å². The summed E-state index contributed by atoms with van der Waals surface area (Å²) in [5.41, 5.74) is 0.532. The van der Waals surface area contributed by atoms with E-state index in [1.54, 1.807) is 0 Å². The second kappa shape index (κ2) is 5.35. The van der Waals surface area contributed by atoms with Crippen molar-refractivity contribution in [2.45, 2.75) is 32.4 Å². The number of pyridine rings is 1. The van der Waals surface area contributed by atoms with Gasteiger partial charge in [0.15, 0.2) is 12.4 Å². The summed E-state index contributed by atoms with van der Waals surface area (Å²) in [5, 5.41) is 13.9. The van der Waals surface area contributed by atoms with Crippen molar-refractivity contribution < 1.29 is 9.52 Å². The van der Waals surface area contributed by atoms with Gasteiger partial charge in [0.25, 0.3) is 5.91 Å². The lowest BCUT2D eigenvalue weighted by Crippen LogP contribution is -2.38. The number of nitrogens with zero attached hydrogens (tertiary/aromatic N) is 2. The third-order valence-corrected chi connectivity index (χ3v) is 3.35. The van der Waals surface area contributed by atoms with Gasteiger partial charge in [-0.15, -0.1) is 0 Å². The number of aromatic nitrogens is 1. The number of carbonyl (C=O) groups is 1. The topological polar surface area (TPSA) is 59.3 Å². The van der Waals surface area contributed by atoms with E-state index in [4.69, 9.17) is 0 Å². The minimum absolute atomic E-state index is 0.105. The van der Waals surface area contributed by atoms with E-state index in [1.165, 1.54) is 24.5 Å². The monoisotopic (exact) mass is 249 g/mol. The first-order valence-corrected chi connectivity index (χ1v) is 6.30. The molecule has 0 saturated carbocycles. The second-order valence-electron chi connectivity index (χ2n) is 4.99. The van der Waals surface area contributed by atoms with Crippen LogP contribution in [0.25, 0.3) is 0 Å². The molecule has 1 unspecified atom stereocenters. The first kappa shape index (κ1) is 12.8.